The van der Waals surface area contributed by atoms with Gasteiger partial charge in [0.2, 0.25) is 0 Å². The SMILES string of the molecule is CN1CCn2nc(C=O)cc21. The average molecular weight is 151 g/mol. The van der Waals surface area contributed by atoms with Crippen LogP contribution in [0.1, 0.15) is 10.5 Å². The lowest BCUT2D eigenvalue weighted by atomic mass is 10.4. The molecule has 0 radical (unpaired) electrons. The van der Waals surface area contributed by atoms with Crippen molar-refractivity contribution in [2.45, 2.75) is 6.54 Å². The van der Waals surface area contributed by atoms with E-state index < -0.39 is 0 Å². The van der Waals surface area contributed by atoms with Crippen LogP contribution in [0.2, 0.25) is 0 Å². The number of anilines is 1. The first-order chi connectivity index (χ1) is 5.31. The van der Waals surface area contributed by atoms with E-state index >= 15 is 0 Å². The summed E-state index contributed by atoms with van der Waals surface area (Å²) in [4.78, 5) is 12.4. The molecule has 1 aliphatic rings. The fourth-order valence-electron chi connectivity index (χ4n) is 1.31. The second kappa shape index (κ2) is 2.08. The van der Waals surface area contributed by atoms with E-state index in [1.807, 2.05) is 11.7 Å². The van der Waals surface area contributed by atoms with Gasteiger partial charge in [-0.2, -0.15) is 5.10 Å². The van der Waals surface area contributed by atoms with Crippen LogP contribution in [0.15, 0.2) is 6.07 Å². The van der Waals surface area contributed by atoms with Crippen molar-refractivity contribution in [1.29, 1.82) is 0 Å². The Labute approximate surface area is 64.4 Å². The topological polar surface area (TPSA) is 38.1 Å². The van der Waals surface area contributed by atoms with Gasteiger partial charge in [-0.05, 0) is 0 Å². The van der Waals surface area contributed by atoms with Crippen molar-refractivity contribution in [3.63, 3.8) is 0 Å². The fraction of sp³-hybridized carbons (Fsp3) is 0.429. The molecule has 4 heteroatoms. The summed E-state index contributed by atoms with van der Waals surface area (Å²) in [6, 6.07) is 1.81. The summed E-state index contributed by atoms with van der Waals surface area (Å²) in [6.07, 6.45) is 0.777. The molecule has 58 valence electrons. The predicted octanol–water partition coefficient (Wildman–Crippen LogP) is 0.145. The zero-order valence-electron chi connectivity index (χ0n) is 6.32. The van der Waals surface area contributed by atoms with Crippen molar-refractivity contribution in [2.75, 3.05) is 18.5 Å². The minimum absolute atomic E-state index is 0.520. The zero-order valence-corrected chi connectivity index (χ0v) is 6.32. The van der Waals surface area contributed by atoms with E-state index in [9.17, 15) is 4.79 Å². The van der Waals surface area contributed by atoms with E-state index in [4.69, 9.17) is 0 Å². The van der Waals surface area contributed by atoms with Crippen LogP contribution in [0.3, 0.4) is 0 Å². The molecule has 0 atom stereocenters. The Morgan fingerprint density at radius 1 is 1.64 bits per heavy atom. The van der Waals surface area contributed by atoms with Gasteiger partial charge in [0, 0.05) is 19.7 Å². The molecule has 0 amide bonds. The summed E-state index contributed by atoms with van der Waals surface area (Å²) in [7, 11) is 2.00. The number of fused-ring (bicyclic) bond motifs is 1. The number of hydrogen-bond donors (Lipinski definition) is 0. The normalized spacial score (nSPS) is 15.2. The van der Waals surface area contributed by atoms with E-state index in [1.54, 1.807) is 6.07 Å². The quantitative estimate of drug-likeness (QED) is 0.536. The van der Waals surface area contributed by atoms with Gasteiger partial charge in [0.15, 0.2) is 6.29 Å². The molecule has 0 spiro atoms. The monoisotopic (exact) mass is 151 g/mol. The number of carbonyl (C=O) groups is 1. The van der Waals surface area contributed by atoms with E-state index in [1.165, 1.54) is 0 Å². The lowest BCUT2D eigenvalue weighted by Crippen LogP contribution is -2.12. The molecule has 0 N–H and O–H groups in total. The first kappa shape index (κ1) is 6.39. The highest BCUT2D eigenvalue weighted by Crippen LogP contribution is 2.18. The minimum Gasteiger partial charge on any atom is -0.358 e. The second-order valence-electron chi connectivity index (χ2n) is 2.69. The molecule has 0 unspecified atom stereocenters. The molecule has 1 aliphatic heterocycles. The Balaban J connectivity index is 2.45. The molecule has 2 rings (SSSR count). The van der Waals surface area contributed by atoms with Gasteiger partial charge in [-0.15, -0.1) is 0 Å². The number of rotatable bonds is 1. The van der Waals surface area contributed by atoms with Crippen LogP contribution in [-0.4, -0.2) is 29.7 Å². The third kappa shape index (κ3) is 0.824. The van der Waals surface area contributed by atoms with Gasteiger partial charge >= 0.3 is 0 Å². The maximum absolute atomic E-state index is 10.3. The third-order valence-corrected chi connectivity index (χ3v) is 1.94. The molecule has 0 saturated carbocycles. The Hall–Kier alpha value is -1.32. The number of aldehydes is 1. The lowest BCUT2D eigenvalue weighted by molar-refractivity contribution is 0.111. The molecule has 0 aliphatic carbocycles. The smallest absolute Gasteiger partial charge is 0.170 e. The van der Waals surface area contributed by atoms with E-state index in [0.29, 0.717) is 5.69 Å². The van der Waals surface area contributed by atoms with Gasteiger partial charge in [0.1, 0.15) is 11.5 Å². The molecule has 11 heavy (non-hydrogen) atoms. The standard InChI is InChI=1S/C7H9N3O/c1-9-2-3-10-7(9)4-6(5-11)8-10/h4-5H,2-3H2,1H3. The van der Waals surface area contributed by atoms with Crippen molar-refractivity contribution in [3.8, 4) is 0 Å². The molecule has 0 saturated heterocycles. The molecule has 0 aromatic carbocycles. The van der Waals surface area contributed by atoms with Crippen LogP contribution in [0.25, 0.3) is 0 Å². The molecule has 1 aromatic heterocycles. The third-order valence-electron chi connectivity index (χ3n) is 1.94. The highest BCUT2D eigenvalue weighted by molar-refractivity contribution is 5.73. The molecule has 0 bridgehead atoms. The fourth-order valence-corrected chi connectivity index (χ4v) is 1.31. The van der Waals surface area contributed by atoms with Crippen LogP contribution in [-0.2, 0) is 6.54 Å². The lowest BCUT2D eigenvalue weighted by Gasteiger charge is -2.05. The van der Waals surface area contributed by atoms with Crippen LogP contribution in [0, 0.1) is 0 Å². The molecule has 1 aromatic rings. The average Bonchev–Trinajstić information content (AvgIpc) is 2.53. The Bertz CT molecular complexity index is 292. The summed E-state index contributed by atoms with van der Waals surface area (Å²) in [5.41, 5.74) is 0.520. The van der Waals surface area contributed by atoms with E-state index in [2.05, 4.69) is 10.00 Å². The van der Waals surface area contributed by atoms with Crippen LogP contribution < -0.4 is 4.90 Å². The van der Waals surface area contributed by atoms with Crippen LogP contribution >= 0.6 is 0 Å². The molecule has 4 nitrogen and oxygen atoms in total. The van der Waals surface area contributed by atoms with Gasteiger partial charge in [-0.3, -0.25) is 4.79 Å². The summed E-state index contributed by atoms with van der Waals surface area (Å²) in [6.45, 7) is 1.88. The highest BCUT2D eigenvalue weighted by atomic mass is 16.1. The number of nitrogens with zero attached hydrogens (tertiary/aromatic N) is 3. The first-order valence-corrected chi connectivity index (χ1v) is 3.55. The number of hydrogen-bond acceptors (Lipinski definition) is 3. The zero-order chi connectivity index (χ0) is 7.84. The molecular weight excluding hydrogens is 142 g/mol. The summed E-state index contributed by atoms with van der Waals surface area (Å²) in [5.74, 6) is 1.03. The highest BCUT2D eigenvalue weighted by Gasteiger charge is 2.17. The Morgan fingerprint density at radius 3 is 3.09 bits per heavy atom. The maximum Gasteiger partial charge on any atom is 0.170 e. The molecule has 0 fully saturated rings. The summed E-state index contributed by atoms with van der Waals surface area (Å²) < 4.78 is 1.85. The first-order valence-electron chi connectivity index (χ1n) is 3.55. The van der Waals surface area contributed by atoms with Gasteiger partial charge < -0.3 is 4.90 Å². The van der Waals surface area contributed by atoms with Crippen molar-refractivity contribution in [1.82, 2.24) is 9.78 Å². The largest absolute Gasteiger partial charge is 0.358 e. The molecule has 2 heterocycles. The number of likely N-dealkylation sites (N-methyl/N-ethyl adjacent to an activating group) is 1. The van der Waals surface area contributed by atoms with Crippen molar-refractivity contribution in [3.05, 3.63) is 11.8 Å². The van der Waals surface area contributed by atoms with E-state index in [0.717, 1.165) is 25.2 Å². The van der Waals surface area contributed by atoms with Gasteiger partial charge in [0.05, 0.1) is 6.54 Å². The second-order valence-corrected chi connectivity index (χ2v) is 2.69. The minimum atomic E-state index is 0.520. The van der Waals surface area contributed by atoms with Crippen molar-refractivity contribution >= 4 is 12.1 Å². The number of aromatic nitrogens is 2. The Morgan fingerprint density at radius 2 is 2.45 bits per heavy atom. The van der Waals surface area contributed by atoms with Gasteiger partial charge in [-0.25, -0.2) is 4.68 Å². The maximum atomic E-state index is 10.3. The van der Waals surface area contributed by atoms with Gasteiger partial charge in [-0.1, -0.05) is 0 Å². The summed E-state index contributed by atoms with van der Waals surface area (Å²) >= 11 is 0. The predicted molar refractivity (Wildman–Crippen MR) is 40.9 cm³/mol. The van der Waals surface area contributed by atoms with E-state index in [-0.39, 0.29) is 0 Å². The molecular formula is C7H9N3O. The Kier molecular flexibility index (Phi) is 1.21. The van der Waals surface area contributed by atoms with Crippen LogP contribution in [0.5, 0.6) is 0 Å². The van der Waals surface area contributed by atoms with Crippen molar-refractivity contribution in [2.24, 2.45) is 0 Å². The van der Waals surface area contributed by atoms with Crippen molar-refractivity contribution < 1.29 is 4.79 Å². The van der Waals surface area contributed by atoms with Crippen LogP contribution in [0.4, 0.5) is 5.82 Å². The number of carbonyl (C=O) groups excluding carboxylic acids is 1. The van der Waals surface area contributed by atoms with Gasteiger partial charge in [0.25, 0.3) is 0 Å². The summed E-state index contributed by atoms with van der Waals surface area (Å²) in [5, 5.41) is 4.07.